The van der Waals surface area contributed by atoms with Gasteiger partial charge in [0.15, 0.2) is 0 Å². The zero-order chi connectivity index (χ0) is 15.0. The summed E-state index contributed by atoms with van der Waals surface area (Å²) in [5.41, 5.74) is 3.63. The Kier molecular flexibility index (Phi) is 4.23. The van der Waals surface area contributed by atoms with Crippen LogP contribution in [0.2, 0.25) is 0 Å². The summed E-state index contributed by atoms with van der Waals surface area (Å²) in [6.45, 7) is 9.87. The van der Waals surface area contributed by atoms with E-state index in [4.69, 9.17) is 16.6 Å². The topological polar surface area (TPSA) is 21.1 Å². The van der Waals surface area contributed by atoms with Crippen molar-refractivity contribution in [3.8, 4) is 0 Å². The molecule has 0 saturated carbocycles. The lowest BCUT2D eigenvalue weighted by atomic mass is 10.0. The molecule has 1 aromatic heterocycles. The molecule has 21 heavy (non-hydrogen) atoms. The monoisotopic (exact) mass is 305 g/mol. The number of nitrogens with zero attached hydrogens (tertiary/aromatic N) is 3. The molecule has 2 unspecified atom stereocenters. The highest BCUT2D eigenvalue weighted by Crippen LogP contribution is 2.33. The molecule has 4 heteroatoms. The zero-order valence-electron chi connectivity index (χ0n) is 13.1. The number of imidazole rings is 1. The maximum absolute atomic E-state index is 6.42. The lowest BCUT2D eigenvalue weighted by molar-refractivity contribution is 0.185. The SMILES string of the molecule is CCN1CCCC(n2c(C(C)Cl)nc3cccc(C)c32)C1. The first-order valence-electron chi connectivity index (χ1n) is 7.95. The molecule has 0 radical (unpaired) electrons. The highest BCUT2D eigenvalue weighted by atomic mass is 35.5. The number of halogens is 1. The Bertz CT molecular complexity index is 632. The molecule has 0 N–H and O–H groups in total. The van der Waals surface area contributed by atoms with Crippen molar-refractivity contribution in [2.45, 2.75) is 45.0 Å². The second-order valence-electron chi connectivity index (χ2n) is 6.09. The third-order valence-electron chi connectivity index (χ3n) is 4.59. The number of fused-ring (bicyclic) bond motifs is 1. The summed E-state index contributed by atoms with van der Waals surface area (Å²) in [6.07, 6.45) is 2.47. The van der Waals surface area contributed by atoms with E-state index in [2.05, 4.69) is 41.5 Å². The zero-order valence-corrected chi connectivity index (χ0v) is 13.9. The van der Waals surface area contributed by atoms with Crippen LogP contribution in [-0.2, 0) is 0 Å². The van der Waals surface area contributed by atoms with Crippen LogP contribution in [0.5, 0.6) is 0 Å². The molecule has 2 atom stereocenters. The fraction of sp³-hybridized carbons (Fsp3) is 0.588. The largest absolute Gasteiger partial charge is 0.322 e. The molecule has 1 aromatic carbocycles. The predicted molar refractivity (Wildman–Crippen MR) is 89.1 cm³/mol. The van der Waals surface area contributed by atoms with Crippen LogP contribution in [0.4, 0.5) is 0 Å². The molecule has 1 aliphatic heterocycles. The van der Waals surface area contributed by atoms with Crippen LogP contribution in [0.25, 0.3) is 11.0 Å². The number of aromatic nitrogens is 2. The fourth-order valence-corrected chi connectivity index (χ4v) is 3.67. The van der Waals surface area contributed by atoms with Gasteiger partial charge in [-0.05, 0) is 51.4 Å². The van der Waals surface area contributed by atoms with Gasteiger partial charge in [-0.1, -0.05) is 19.1 Å². The standard InChI is InChI=1S/C17H24ClN3/c1-4-20-10-6-8-14(11-20)21-16-12(2)7-5-9-15(16)19-17(21)13(3)18/h5,7,9,13-14H,4,6,8,10-11H2,1-3H3. The van der Waals surface area contributed by atoms with E-state index < -0.39 is 0 Å². The van der Waals surface area contributed by atoms with E-state index in [1.807, 2.05) is 6.92 Å². The maximum Gasteiger partial charge on any atom is 0.128 e. The molecule has 2 aromatic rings. The minimum atomic E-state index is -0.0613. The highest BCUT2D eigenvalue weighted by Gasteiger charge is 2.26. The number of likely N-dealkylation sites (N-methyl/N-ethyl adjacent to an activating group) is 1. The Labute approximate surface area is 131 Å². The molecule has 2 heterocycles. The number of likely N-dealkylation sites (tertiary alicyclic amines) is 1. The lowest BCUT2D eigenvalue weighted by Crippen LogP contribution is -2.36. The van der Waals surface area contributed by atoms with Crippen molar-refractivity contribution in [1.29, 1.82) is 0 Å². The van der Waals surface area contributed by atoms with Crippen molar-refractivity contribution in [3.05, 3.63) is 29.6 Å². The van der Waals surface area contributed by atoms with Gasteiger partial charge in [0.05, 0.1) is 16.4 Å². The van der Waals surface area contributed by atoms with Gasteiger partial charge in [0, 0.05) is 12.6 Å². The second-order valence-corrected chi connectivity index (χ2v) is 6.74. The molecular weight excluding hydrogens is 282 g/mol. The van der Waals surface area contributed by atoms with E-state index in [1.165, 1.54) is 30.5 Å². The summed E-state index contributed by atoms with van der Waals surface area (Å²) < 4.78 is 2.42. The van der Waals surface area contributed by atoms with Crippen molar-refractivity contribution >= 4 is 22.6 Å². The summed E-state index contributed by atoms with van der Waals surface area (Å²) in [6, 6.07) is 6.84. The number of rotatable bonds is 3. The van der Waals surface area contributed by atoms with Crippen LogP contribution in [-0.4, -0.2) is 34.1 Å². The van der Waals surface area contributed by atoms with Gasteiger partial charge in [-0.25, -0.2) is 4.98 Å². The van der Waals surface area contributed by atoms with Crippen LogP contribution in [0.3, 0.4) is 0 Å². The predicted octanol–water partition coefficient (Wildman–Crippen LogP) is 4.30. The summed E-state index contributed by atoms with van der Waals surface area (Å²) in [5, 5.41) is -0.0613. The quantitative estimate of drug-likeness (QED) is 0.788. The van der Waals surface area contributed by atoms with E-state index in [9.17, 15) is 0 Å². The minimum absolute atomic E-state index is 0.0613. The molecule has 0 spiro atoms. The van der Waals surface area contributed by atoms with Crippen LogP contribution in [0, 0.1) is 6.92 Å². The molecule has 1 aliphatic rings. The van der Waals surface area contributed by atoms with Gasteiger partial charge in [0.1, 0.15) is 5.82 Å². The van der Waals surface area contributed by atoms with E-state index in [0.717, 1.165) is 24.4 Å². The van der Waals surface area contributed by atoms with Gasteiger partial charge in [-0.3, -0.25) is 0 Å². The molecule has 3 rings (SSSR count). The number of alkyl halides is 1. The average Bonchev–Trinajstić information content (AvgIpc) is 2.88. The smallest absolute Gasteiger partial charge is 0.128 e. The normalized spacial score (nSPS) is 21.8. The number of aryl methyl sites for hydroxylation is 1. The molecular formula is C17H24ClN3. The number of hydrogen-bond acceptors (Lipinski definition) is 2. The van der Waals surface area contributed by atoms with Gasteiger partial charge >= 0.3 is 0 Å². The highest BCUT2D eigenvalue weighted by molar-refractivity contribution is 6.20. The molecule has 114 valence electrons. The van der Waals surface area contributed by atoms with Crippen molar-refractivity contribution < 1.29 is 0 Å². The minimum Gasteiger partial charge on any atom is -0.322 e. The Morgan fingerprint density at radius 2 is 2.24 bits per heavy atom. The number of para-hydroxylation sites is 1. The van der Waals surface area contributed by atoms with Gasteiger partial charge in [-0.15, -0.1) is 11.6 Å². The molecule has 0 aliphatic carbocycles. The summed E-state index contributed by atoms with van der Waals surface area (Å²) in [5.74, 6) is 1.02. The van der Waals surface area contributed by atoms with Gasteiger partial charge in [0.25, 0.3) is 0 Å². The number of benzene rings is 1. The van der Waals surface area contributed by atoms with Crippen molar-refractivity contribution in [1.82, 2.24) is 14.5 Å². The molecule has 1 saturated heterocycles. The van der Waals surface area contributed by atoms with Gasteiger partial charge < -0.3 is 9.47 Å². The van der Waals surface area contributed by atoms with Crippen LogP contribution in [0.15, 0.2) is 18.2 Å². The van der Waals surface area contributed by atoms with E-state index in [1.54, 1.807) is 0 Å². The van der Waals surface area contributed by atoms with Crippen molar-refractivity contribution in [2.24, 2.45) is 0 Å². The summed E-state index contributed by atoms with van der Waals surface area (Å²) >= 11 is 6.42. The second kappa shape index (κ2) is 5.98. The molecule has 0 bridgehead atoms. The van der Waals surface area contributed by atoms with Crippen molar-refractivity contribution in [2.75, 3.05) is 19.6 Å². The first kappa shape index (κ1) is 14.9. The molecule has 1 fully saturated rings. The Hall–Kier alpha value is -1.06. The number of hydrogen-bond donors (Lipinski definition) is 0. The Morgan fingerprint density at radius 1 is 1.43 bits per heavy atom. The summed E-state index contributed by atoms with van der Waals surface area (Å²) in [7, 11) is 0. The van der Waals surface area contributed by atoms with Crippen LogP contribution >= 0.6 is 11.6 Å². The molecule has 3 nitrogen and oxygen atoms in total. The number of piperidine rings is 1. The van der Waals surface area contributed by atoms with Gasteiger partial charge in [-0.2, -0.15) is 0 Å². The van der Waals surface area contributed by atoms with E-state index in [-0.39, 0.29) is 5.38 Å². The fourth-order valence-electron chi connectivity index (χ4n) is 3.52. The van der Waals surface area contributed by atoms with Crippen LogP contribution in [0.1, 0.15) is 49.5 Å². The Balaban J connectivity index is 2.12. The molecule has 0 amide bonds. The third kappa shape index (κ3) is 2.69. The third-order valence-corrected chi connectivity index (χ3v) is 4.78. The first-order valence-corrected chi connectivity index (χ1v) is 8.39. The van der Waals surface area contributed by atoms with Crippen LogP contribution < -0.4 is 0 Å². The van der Waals surface area contributed by atoms with E-state index >= 15 is 0 Å². The maximum atomic E-state index is 6.42. The van der Waals surface area contributed by atoms with Gasteiger partial charge in [0.2, 0.25) is 0 Å². The Morgan fingerprint density at radius 3 is 2.95 bits per heavy atom. The van der Waals surface area contributed by atoms with Crippen molar-refractivity contribution in [3.63, 3.8) is 0 Å². The summed E-state index contributed by atoms with van der Waals surface area (Å²) in [4.78, 5) is 7.34. The first-order chi connectivity index (χ1) is 10.1. The lowest BCUT2D eigenvalue weighted by Gasteiger charge is -2.34. The average molecular weight is 306 g/mol. The van der Waals surface area contributed by atoms with E-state index in [0.29, 0.717) is 6.04 Å².